The molecule has 0 spiro atoms. The van der Waals surface area contributed by atoms with Crippen molar-refractivity contribution in [3.63, 3.8) is 0 Å². The summed E-state index contributed by atoms with van der Waals surface area (Å²) in [7, 11) is 0. The van der Waals surface area contributed by atoms with E-state index < -0.39 is 18.2 Å². The second-order valence-electron chi connectivity index (χ2n) is 3.97. The third kappa shape index (κ3) is 2.49. The van der Waals surface area contributed by atoms with Gasteiger partial charge < -0.3 is 14.7 Å². The second-order valence-corrected chi connectivity index (χ2v) is 5.19. The van der Waals surface area contributed by atoms with E-state index in [2.05, 4.69) is 0 Å². The van der Waals surface area contributed by atoms with Crippen LogP contribution in [-0.4, -0.2) is 58.7 Å². The van der Waals surface area contributed by atoms with Gasteiger partial charge in [0.25, 0.3) is 5.91 Å². The number of hydrogen-bond donors (Lipinski definition) is 1. The summed E-state index contributed by atoms with van der Waals surface area (Å²) in [5.74, 6) is 0.912. The molecule has 2 rings (SSSR count). The average molecular weight is 245 g/mol. The van der Waals surface area contributed by atoms with Gasteiger partial charge in [-0.3, -0.25) is 4.79 Å². The number of carbonyl (C=O) groups excluding carboxylic acids is 1. The summed E-state index contributed by atoms with van der Waals surface area (Å²) in [6, 6.07) is 0. The summed E-state index contributed by atoms with van der Waals surface area (Å²) < 4.78 is 5.24. The molecule has 5 nitrogen and oxygen atoms in total. The Labute approximate surface area is 98.1 Å². The first-order chi connectivity index (χ1) is 7.68. The van der Waals surface area contributed by atoms with Crippen molar-refractivity contribution >= 4 is 23.6 Å². The van der Waals surface area contributed by atoms with E-state index in [-0.39, 0.29) is 5.91 Å². The Morgan fingerprint density at radius 2 is 1.81 bits per heavy atom. The largest absolute Gasteiger partial charge is 0.479 e. The fourth-order valence-electron chi connectivity index (χ4n) is 1.99. The topological polar surface area (TPSA) is 66.8 Å². The van der Waals surface area contributed by atoms with Crippen molar-refractivity contribution in [1.82, 2.24) is 4.90 Å². The van der Waals surface area contributed by atoms with Gasteiger partial charge in [-0.25, -0.2) is 4.79 Å². The summed E-state index contributed by atoms with van der Waals surface area (Å²) >= 11 is 1.84. The van der Waals surface area contributed by atoms with E-state index in [0.717, 1.165) is 24.6 Å². The monoisotopic (exact) mass is 245 g/mol. The normalized spacial score (nSPS) is 30.4. The van der Waals surface area contributed by atoms with Crippen LogP contribution in [0, 0.1) is 0 Å². The van der Waals surface area contributed by atoms with Gasteiger partial charge in [-0.1, -0.05) is 0 Å². The van der Waals surface area contributed by atoms with Gasteiger partial charge in [-0.2, -0.15) is 11.8 Å². The van der Waals surface area contributed by atoms with Gasteiger partial charge in [0.15, 0.2) is 6.10 Å². The Hall–Kier alpha value is -0.750. The lowest BCUT2D eigenvalue weighted by atomic mass is 10.2. The molecule has 2 fully saturated rings. The van der Waals surface area contributed by atoms with Crippen molar-refractivity contribution in [1.29, 1.82) is 0 Å². The number of amides is 1. The van der Waals surface area contributed by atoms with Crippen LogP contribution in [0.1, 0.15) is 12.8 Å². The van der Waals surface area contributed by atoms with Crippen molar-refractivity contribution in [2.24, 2.45) is 0 Å². The van der Waals surface area contributed by atoms with Crippen LogP contribution >= 0.6 is 11.8 Å². The van der Waals surface area contributed by atoms with E-state index in [9.17, 15) is 9.59 Å². The fourth-order valence-corrected chi connectivity index (χ4v) is 2.89. The Morgan fingerprint density at radius 1 is 1.19 bits per heavy atom. The molecule has 0 aromatic heterocycles. The Morgan fingerprint density at radius 3 is 2.38 bits per heavy atom. The maximum Gasteiger partial charge on any atom is 0.332 e. The summed E-state index contributed by atoms with van der Waals surface area (Å²) in [4.78, 5) is 24.4. The lowest BCUT2D eigenvalue weighted by molar-refractivity contribution is -0.154. The number of carboxylic acids is 1. The minimum atomic E-state index is -0.968. The lowest BCUT2D eigenvalue weighted by Gasteiger charge is -2.28. The van der Waals surface area contributed by atoms with Crippen LogP contribution in [0.15, 0.2) is 0 Å². The van der Waals surface area contributed by atoms with Crippen LogP contribution in [0.5, 0.6) is 0 Å². The molecule has 2 atom stereocenters. The molecule has 0 bridgehead atoms. The van der Waals surface area contributed by atoms with Gasteiger partial charge in [-0.15, -0.1) is 0 Å². The molecule has 2 aliphatic rings. The maximum absolute atomic E-state index is 12.0. The third-order valence-corrected chi connectivity index (χ3v) is 3.84. The first kappa shape index (κ1) is 11.7. The fraction of sp³-hybridized carbons (Fsp3) is 0.800. The number of thioether (sulfide) groups is 1. The Kier molecular flexibility index (Phi) is 3.70. The number of nitrogens with zero attached hydrogens (tertiary/aromatic N) is 1. The molecule has 0 unspecified atom stereocenters. The highest BCUT2D eigenvalue weighted by atomic mass is 32.2. The van der Waals surface area contributed by atoms with Crippen molar-refractivity contribution < 1.29 is 19.4 Å². The second kappa shape index (κ2) is 5.05. The van der Waals surface area contributed by atoms with Crippen LogP contribution in [-0.2, 0) is 14.3 Å². The van der Waals surface area contributed by atoms with Gasteiger partial charge in [0.2, 0.25) is 0 Å². The molecular formula is C10H15NO4S. The first-order valence-electron chi connectivity index (χ1n) is 5.43. The highest BCUT2D eigenvalue weighted by molar-refractivity contribution is 7.99. The van der Waals surface area contributed by atoms with Gasteiger partial charge in [0, 0.05) is 24.6 Å². The zero-order valence-electron chi connectivity index (χ0n) is 8.92. The third-order valence-electron chi connectivity index (χ3n) is 2.89. The predicted molar refractivity (Wildman–Crippen MR) is 59.4 cm³/mol. The summed E-state index contributed by atoms with van der Waals surface area (Å²) in [5, 5.41) is 8.77. The van der Waals surface area contributed by atoms with Crippen molar-refractivity contribution in [2.45, 2.75) is 25.0 Å². The molecule has 1 amide bonds. The van der Waals surface area contributed by atoms with Crippen LogP contribution in [0.25, 0.3) is 0 Å². The van der Waals surface area contributed by atoms with Crippen LogP contribution in [0.3, 0.4) is 0 Å². The minimum absolute atomic E-state index is 0.0379. The van der Waals surface area contributed by atoms with Crippen LogP contribution < -0.4 is 0 Å². The molecule has 16 heavy (non-hydrogen) atoms. The molecule has 6 heteroatoms. The molecule has 0 aromatic carbocycles. The van der Waals surface area contributed by atoms with E-state index in [1.165, 1.54) is 0 Å². The van der Waals surface area contributed by atoms with E-state index in [4.69, 9.17) is 9.84 Å². The van der Waals surface area contributed by atoms with Gasteiger partial charge in [-0.05, 0) is 12.8 Å². The SMILES string of the molecule is O=C(O)[C@H]1CC[C@@H](C(=O)N2CCSCC2)O1. The van der Waals surface area contributed by atoms with E-state index in [1.807, 2.05) is 11.8 Å². The molecule has 90 valence electrons. The molecule has 1 N–H and O–H groups in total. The molecular weight excluding hydrogens is 230 g/mol. The van der Waals surface area contributed by atoms with Crippen molar-refractivity contribution in [2.75, 3.05) is 24.6 Å². The van der Waals surface area contributed by atoms with E-state index >= 15 is 0 Å². The van der Waals surface area contributed by atoms with Gasteiger partial charge in [0.1, 0.15) is 6.10 Å². The summed E-state index contributed by atoms with van der Waals surface area (Å²) in [6.45, 7) is 1.50. The standard InChI is InChI=1S/C10H15NO4S/c12-9(11-3-5-16-6-4-11)7-1-2-8(15-7)10(13)14/h7-8H,1-6H2,(H,13,14)/t7-,8+/m0/s1. The molecule has 2 aliphatic heterocycles. The lowest BCUT2D eigenvalue weighted by Crippen LogP contribution is -2.44. The highest BCUT2D eigenvalue weighted by Gasteiger charge is 2.36. The molecule has 2 heterocycles. The number of aliphatic carboxylic acids is 1. The molecule has 2 saturated heterocycles. The van der Waals surface area contributed by atoms with Crippen molar-refractivity contribution in [3.8, 4) is 0 Å². The van der Waals surface area contributed by atoms with Crippen LogP contribution in [0.2, 0.25) is 0 Å². The smallest absolute Gasteiger partial charge is 0.332 e. The van der Waals surface area contributed by atoms with Crippen molar-refractivity contribution in [3.05, 3.63) is 0 Å². The summed E-state index contributed by atoms with van der Waals surface area (Å²) in [6.07, 6.45) is -0.370. The minimum Gasteiger partial charge on any atom is -0.479 e. The van der Waals surface area contributed by atoms with E-state index in [0.29, 0.717) is 12.8 Å². The quantitative estimate of drug-likeness (QED) is 0.752. The molecule has 0 aromatic rings. The first-order valence-corrected chi connectivity index (χ1v) is 6.59. The molecule has 0 aliphatic carbocycles. The highest BCUT2D eigenvalue weighted by Crippen LogP contribution is 2.22. The number of hydrogen-bond acceptors (Lipinski definition) is 4. The van der Waals surface area contributed by atoms with E-state index in [1.54, 1.807) is 4.90 Å². The molecule has 0 radical (unpaired) electrons. The number of rotatable bonds is 2. The average Bonchev–Trinajstić information content (AvgIpc) is 2.78. The number of carbonyl (C=O) groups is 2. The zero-order chi connectivity index (χ0) is 11.5. The Balaban J connectivity index is 1.88. The summed E-state index contributed by atoms with van der Waals surface area (Å²) in [5.41, 5.74) is 0. The maximum atomic E-state index is 12.0. The van der Waals surface area contributed by atoms with Gasteiger partial charge in [0.05, 0.1) is 0 Å². The zero-order valence-corrected chi connectivity index (χ0v) is 9.74. The predicted octanol–water partition coefficient (Wildman–Crippen LogP) is 0.194. The van der Waals surface area contributed by atoms with Gasteiger partial charge >= 0.3 is 5.97 Å². The van der Waals surface area contributed by atoms with Crippen LogP contribution in [0.4, 0.5) is 0 Å². The Bertz CT molecular complexity index is 291. The number of ether oxygens (including phenoxy) is 1. The molecule has 0 saturated carbocycles. The number of carboxylic acid groups (broad SMARTS) is 1.